The summed E-state index contributed by atoms with van der Waals surface area (Å²) in [4.78, 5) is 5.11. The Kier molecular flexibility index (Phi) is 1.60. The van der Waals surface area contributed by atoms with E-state index in [1.54, 1.807) is 6.21 Å². The van der Waals surface area contributed by atoms with Gasteiger partial charge in [0.15, 0.2) is 6.10 Å². The lowest BCUT2D eigenvalue weighted by Gasteiger charge is -2.06. The fourth-order valence-corrected chi connectivity index (χ4v) is 1.16. The number of hydrogen-bond acceptors (Lipinski definition) is 2. The molecule has 56 valence electrons. The van der Waals surface area contributed by atoms with Crippen molar-refractivity contribution in [1.29, 1.82) is 0 Å². The molecule has 0 unspecified atom stereocenters. The predicted molar refractivity (Wildman–Crippen MR) is 43.4 cm³/mol. The SMILES string of the molecule is C1=NO[C@@H](c2ccccc2)C1. The highest BCUT2D eigenvalue weighted by atomic mass is 16.6. The predicted octanol–water partition coefficient (Wildman–Crippen LogP) is 2.13. The van der Waals surface area contributed by atoms with Gasteiger partial charge in [0.1, 0.15) is 0 Å². The van der Waals surface area contributed by atoms with E-state index in [4.69, 9.17) is 4.84 Å². The van der Waals surface area contributed by atoms with Crippen molar-refractivity contribution in [2.45, 2.75) is 12.5 Å². The third-order valence-electron chi connectivity index (χ3n) is 1.75. The molecule has 1 aromatic carbocycles. The van der Waals surface area contributed by atoms with Crippen molar-refractivity contribution in [2.75, 3.05) is 0 Å². The van der Waals surface area contributed by atoms with Gasteiger partial charge in [-0.3, -0.25) is 0 Å². The summed E-state index contributed by atoms with van der Waals surface area (Å²) in [5.74, 6) is 0. The fraction of sp³-hybridized carbons (Fsp3) is 0.222. The van der Waals surface area contributed by atoms with E-state index in [1.807, 2.05) is 18.2 Å². The average Bonchev–Trinajstić information content (AvgIpc) is 2.58. The summed E-state index contributed by atoms with van der Waals surface area (Å²) >= 11 is 0. The first-order valence-corrected chi connectivity index (χ1v) is 3.69. The lowest BCUT2D eigenvalue weighted by molar-refractivity contribution is 0.0858. The molecule has 2 nitrogen and oxygen atoms in total. The summed E-state index contributed by atoms with van der Waals surface area (Å²) < 4.78 is 0. The lowest BCUT2D eigenvalue weighted by Crippen LogP contribution is -1.94. The Morgan fingerprint density at radius 3 is 2.73 bits per heavy atom. The van der Waals surface area contributed by atoms with Gasteiger partial charge in [0, 0.05) is 12.6 Å². The van der Waals surface area contributed by atoms with Crippen LogP contribution in [-0.2, 0) is 4.84 Å². The van der Waals surface area contributed by atoms with Crippen molar-refractivity contribution in [1.82, 2.24) is 0 Å². The van der Waals surface area contributed by atoms with Crippen molar-refractivity contribution in [3.8, 4) is 0 Å². The molecule has 0 radical (unpaired) electrons. The summed E-state index contributed by atoms with van der Waals surface area (Å²) in [5, 5.41) is 3.72. The van der Waals surface area contributed by atoms with Crippen LogP contribution in [0, 0.1) is 0 Å². The molecule has 0 saturated heterocycles. The van der Waals surface area contributed by atoms with Crippen molar-refractivity contribution >= 4 is 6.21 Å². The monoisotopic (exact) mass is 147 g/mol. The van der Waals surface area contributed by atoms with E-state index in [0.717, 1.165) is 6.42 Å². The second-order valence-corrected chi connectivity index (χ2v) is 2.53. The van der Waals surface area contributed by atoms with E-state index in [-0.39, 0.29) is 6.10 Å². The van der Waals surface area contributed by atoms with Crippen molar-refractivity contribution in [3.05, 3.63) is 35.9 Å². The molecule has 0 N–H and O–H groups in total. The molecule has 1 aromatic rings. The largest absolute Gasteiger partial charge is 0.388 e. The summed E-state index contributed by atoms with van der Waals surface area (Å²) in [6.07, 6.45) is 2.85. The van der Waals surface area contributed by atoms with Crippen LogP contribution in [0.15, 0.2) is 35.5 Å². The molecule has 0 aromatic heterocycles. The van der Waals surface area contributed by atoms with Crippen LogP contribution in [0.3, 0.4) is 0 Å². The molecule has 1 heterocycles. The minimum Gasteiger partial charge on any atom is -0.388 e. The Morgan fingerprint density at radius 2 is 2.09 bits per heavy atom. The van der Waals surface area contributed by atoms with Crippen LogP contribution >= 0.6 is 0 Å². The van der Waals surface area contributed by atoms with Gasteiger partial charge in [-0.05, 0) is 5.56 Å². The van der Waals surface area contributed by atoms with Crippen LogP contribution in [0.2, 0.25) is 0 Å². The molecule has 0 fully saturated rings. The van der Waals surface area contributed by atoms with Gasteiger partial charge in [-0.1, -0.05) is 35.5 Å². The third-order valence-corrected chi connectivity index (χ3v) is 1.75. The smallest absolute Gasteiger partial charge is 0.157 e. The number of benzene rings is 1. The molecule has 0 bridgehead atoms. The zero-order valence-electron chi connectivity index (χ0n) is 6.10. The highest BCUT2D eigenvalue weighted by molar-refractivity contribution is 5.59. The molecule has 0 saturated carbocycles. The van der Waals surface area contributed by atoms with Gasteiger partial charge < -0.3 is 4.84 Å². The number of nitrogens with zero attached hydrogens (tertiary/aromatic N) is 1. The van der Waals surface area contributed by atoms with Gasteiger partial charge in [0.05, 0.1) is 0 Å². The maximum atomic E-state index is 5.11. The average molecular weight is 147 g/mol. The van der Waals surface area contributed by atoms with Crippen molar-refractivity contribution in [2.24, 2.45) is 5.16 Å². The molecule has 1 aliphatic heterocycles. The van der Waals surface area contributed by atoms with E-state index in [9.17, 15) is 0 Å². The molecular formula is C9H9NO. The van der Waals surface area contributed by atoms with E-state index in [2.05, 4.69) is 17.3 Å². The molecule has 1 aliphatic rings. The standard InChI is InChI=1S/C9H9NO/c1-2-4-8(5-3-1)9-6-7-10-11-9/h1-5,7,9H,6H2/t9-/m1/s1. The van der Waals surface area contributed by atoms with Gasteiger partial charge in [0.2, 0.25) is 0 Å². The van der Waals surface area contributed by atoms with Gasteiger partial charge in [-0.25, -0.2) is 0 Å². The summed E-state index contributed by atoms with van der Waals surface area (Å²) in [6, 6.07) is 10.1. The van der Waals surface area contributed by atoms with Crippen LogP contribution in [0.5, 0.6) is 0 Å². The van der Waals surface area contributed by atoms with Crippen LogP contribution < -0.4 is 0 Å². The molecule has 0 spiro atoms. The maximum Gasteiger partial charge on any atom is 0.157 e. The Labute approximate surface area is 65.5 Å². The van der Waals surface area contributed by atoms with Crippen LogP contribution in [-0.4, -0.2) is 6.21 Å². The molecule has 0 amide bonds. The molecular weight excluding hydrogens is 138 g/mol. The number of oxime groups is 1. The highest BCUT2D eigenvalue weighted by Gasteiger charge is 2.14. The topological polar surface area (TPSA) is 21.6 Å². The fourth-order valence-electron chi connectivity index (χ4n) is 1.16. The van der Waals surface area contributed by atoms with Crippen molar-refractivity contribution < 1.29 is 4.84 Å². The van der Waals surface area contributed by atoms with E-state index in [1.165, 1.54) is 5.56 Å². The molecule has 2 heteroatoms. The number of rotatable bonds is 1. The highest BCUT2D eigenvalue weighted by Crippen LogP contribution is 2.23. The van der Waals surface area contributed by atoms with Gasteiger partial charge in [-0.15, -0.1) is 0 Å². The van der Waals surface area contributed by atoms with Crippen LogP contribution in [0.4, 0.5) is 0 Å². The second-order valence-electron chi connectivity index (χ2n) is 2.53. The van der Waals surface area contributed by atoms with Crippen molar-refractivity contribution in [3.63, 3.8) is 0 Å². The van der Waals surface area contributed by atoms with E-state index in [0.29, 0.717) is 0 Å². The van der Waals surface area contributed by atoms with Crippen LogP contribution in [0.25, 0.3) is 0 Å². The summed E-state index contributed by atoms with van der Waals surface area (Å²) in [6.45, 7) is 0. The van der Waals surface area contributed by atoms with E-state index >= 15 is 0 Å². The first-order valence-electron chi connectivity index (χ1n) is 3.69. The zero-order valence-corrected chi connectivity index (χ0v) is 6.10. The Balaban J connectivity index is 2.17. The zero-order chi connectivity index (χ0) is 7.52. The lowest BCUT2D eigenvalue weighted by atomic mass is 10.1. The first-order chi connectivity index (χ1) is 5.47. The Morgan fingerprint density at radius 1 is 1.27 bits per heavy atom. The third kappa shape index (κ3) is 1.24. The minimum absolute atomic E-state index is 0.149. The summed E-state index contributed by atoms with van der Waals surface area (Å²) in [5.41, 5.74) is 1.20. The molecule has 1 atom stereocenters. The summed E-state index contributed by atoms with van der Waals surface area (Å²) in [7, 11) is 0. The first kappa shape index (κ1) is 6.40. The molecule has 11 heavy (non-hydrogen) atoms. The van der Waals surface area contributed by atoms with Gasteiger partial charge in [0.25, 0.3) is 0 Å². The van der Waals surface area contributed by atoms with Gasteiger partial charge in [-0.2, -0.15) is 0 Å². The molecule has 2 rings (SSSR count). The quantitative estimate of drug-likeness (QED) is 0.596. The Bertz CT molecular complexity index is 248. The number of hydrogen-bond donors (Lipinski definition) is 0. The maximum absolute atomic E-state index is 5.11. The van der Waals surface area contributed by atoms with Gasteiger partial charge >= 0.3 is 0 Å². The Hall–Kier alpha value is -1.31. The van der Waals surface area contributed by atoms with E-state index < -0.39 is 0 Å². The second kappa shape index (κ2) is 2.74. The normalized spacial score (nSPS) is 21.6. The minimum atomic E-state index is 0.149. The van der Waals surface area contributed by atoms with Crippen LogP contribution in [0.1, 0.15) is 18.1 Å². The molecule has 0 aliphatic carbocycles.